The number of hydrogen-bond donors (Lipinski definition) is 0. The van der Waals surface area contributed by atoms with Gasteiger partial charge in [0.1, 0.15) is 10.8 Å². The molecule has 0 spiro atoms. The van der Waals surface area contributed by atoms with Gasteiger partial charge in [-0.05, 0) is 19.1 Å². The minimum absolute atomic E-state index is 0.0997. The molecule has 0 radical (unpaired) electrons. The van der Waals surface area contributed by atoms with E-state index in [1.807, 2.05) is 71.5 Å². The highest BCUT2D eigenvalue weighted by molar-refractivity contribution is 7.99. The molecular formula is C24H21N5O2S2. The lowest BCUT2D eigenvalue weighted by Gasteiger charge is -2.10. The number of nitrogens with zero attached hydrogens (tertiary/aromatic N) is 5. The van der Waals surface area contributed by atoms with Gasteiger partial charge < -0.3 is 9.30 Å². The van der Waals surface area contributed by atoms with E-state index in [2.05, 4.69) is 21.3 Å². The van der Waals surface area contributed by atoms with Crippen LogP contribution in [-0.4, -0.2) is 38.4 Å². The Kier molecular flexibility index (Phi) is 7.17. The van der Waals surface area contributed by atoms with E-state index in [0.717, 1.165) is 16.8 Å². The smallest absolute Gasteiger partial charge is 0.191 e. The first-order valence-electron chi connectivity index (χ1n) is 10.3. The van der Waals surface area contributed by atoms with Gasteiger partial charge in [0.15, 0.2) is 22.7 Å². The molecule has 4 rings (SSSR count). The monoisotopic (exact) mass is 475 g/mol. The van der Waals surface area contributed by atoms with Gasteiger partial charge in [0.2, 0.25) is 0 Å². The summed E-state index contributed by atoms with van der Waals surface area (Å²) >= 11 is 2.60. The average Bonchev–Trinajstić information content (AvgIpc) is 3.51. The molecule has 2 heterocycles. The first-order chi connectivity index (χ1) is 16.2. The lowest BCUT2D eigenvalue weighted by Crippen LogP contribution is -2.14. The number of nitriles is 1. The van der Waals surface area contributed by atoms with Gasteiger partial charge in [-0.25, -0.2) is 4.98 Å². The standard InChI is InChI=1S/C24H21N5O2S2/c1-3-29-22(17-11-7-8-12-21(17)31-2)27-28-24(29)33-15-20(30)18(13-25)23-26-19(14-32-23)16-9-5-4-6-10-16/h4-12,14,18H,3,15H2,1-2H3. The third kappa shape index (κ3) is 4.82. The summed E-state index contributed by atoms with van der Waals surface area (Å²) in [5.74, 6) is 0.360. The zero-order valence-corrected chi connectivity index (χ0v) is 19.8. The van der Waals surface area contributed by atoms with E-state index in [9.17, 15) is 10.1 Å². The molecule has 0 amide bonds. The summed E-state index contributed by atoms with van der Waals surface area (Å²) < 4.78 is 7.39. The number of Topliss-reactive ketones (excluding diaryl/α,β-unsaturated/α-hetero) is 1. The Hall–Kier alpha value is -3.48. The van der Waals surface area contributed by atoms with Crippen molar-refractivity contribution in [2.45, 2.75) is 24.5 Å². The second-order valence-electron chi connectivity index (χ2n) is 7.00. The number of hydrogen-bond acceptors (Lipinski definition) is 8. The predicted octanol–water partition coefficient (Wildman–Crippen LogP) is 5.07. The summed E-state index contributed by atoms with van der Waals surface area (Å²) in [5.41, 5.74) is 2.56. The zero-order chi connectivity index (χ0) is 23.2. The maximum Gasteiger partial charge on any atom is 0.191 e. The van der Waals surface area contributed by atoms with Crippen LogP contribution in [0.25, 0.3) is 22.6 Å². The maximum atomic E-state index is 12.9. The van der Waals surface area contributed by atoms with Crippen molar-refractivity contribution < 1.29 is 9.53 Å². The number of ketones is 1. The first kappa shape index (κ1) is 22.7. The summed E-state index contributed by atoms with van der Waals surface area (Å²) in [7, 11) is 1.61. The van der Waals surface area contributed by atoms with Crippen LogP contribution in [0.5, 0.6) is 5.75 Å². The molecule has 0 aliphatic carbocycles. The van der Waals surface area contributed by atoms with E-state index >= 15 is 0 Å². The molecule has 4 aromatic rings. The molecule has 0 bridgehead atoms. The van der Waals surface area contributed by atoms with Crippen molar-refractivity contribution in [1.82, 2.24) is 19.7 Å². The molecule has 2 aromatic heterocycles. The molecule has 0 N–H and O–H groups in total. The summed E-state index contributed by atoms with van der Waals surface area (Å²) in [4.78, 5) is 17.5. The van der Waals surface area contributed by atoms with E-state index in [4.69, 9.17) is 4.74 Å². The topological polar surface area (TPSA) is 93.7 Å². The van der Waals surface area contributed by atoms with Gasteiger partial charge in [0.25, 0.3) is 0 Å². The van der Waals surface area contributed by atoms with Crippen LogP contribution in [-0.2, 0) is 11.3 Å². The highest BCUT2D eigenvalue weighted by Crippen LogP contribution is 2.32. The van der Waals surface area contributed by atoms with Crippen molar-refractivity contribution in [3.05, 3.63) is 65.0 Å². The Labute approximate surface area is 200 Å². The molecule has 2 aromatic carbocycles. The van der Waals surface area contributed by atoms with Crippen LogP contribution < -0.4 is 4.74 Å². The Morgan fingerprint density at radius 3 is 2.67 bits per heavy atom. The van der Waals surface area contributed by atoms with Gasteiger partial charge in [-0.2, -0.15) is 5.26 Å². The third-order valence-corrected chi connectivity index (χ3v) is 6.91. The number of para-hydroxylation sites is 1. The summed E-state index contributed by atoms with van der Waals surface area (Å²) in [5, 5.41) is 21.3. The Morgan fingerprint density at radius 1 is 1.18 bits per heavy atom. The number of thiazole rings is 1. The van der Waals surface area contributed by atoms with Gasteiger partial charge in [0, 0.05) is 17.5 Å². The Bertz CT molecular complexity index is 1290. The zero-order valence-electron chi connectivity index (χ0n) is 18.1. The molecule has 0 aliphatic heterocycles. The molecule has 33 heavy (non-hydrogen) atoms. The fourth-order valence-electron chi connectivity index (χ4n) is 3.35. The number of ether oxygens (including phenoxy) is 1. The van der Waals surface area contributed by atoms with Crippen LogP contribution in [0.3, 0.4) is 0 Å². The molecule has 7 nitrogen and oxygen atoms in total. The van der Waals surface area contributed by atoms with Crippen molar-refractivity contribution in [3.63, 3.8) is 0 Å². The second-order valence-corrected chi connectivity index (χ2v) is 8.84. The van der Waals surface area contributed by atoms with Crippen molar-refractivity contribution in [3.8, 4) is 34.5 Å². The predicted molar refractivity (Wildman–Crippen MR) is 129 cm³/mol. The van der Waals surface area contributed by atoms with Crippen molar-refractivity contribution in [1.29, 1.82) is 5.26 Å². The molecule has 1 unspecified atom stereocenters. The fraction of sp³-hybridized carbons (Fsp3) is 0.208. The third-order valence-electron chi connectivity index (χ3n) is 5.01. The normalized spacial score (nSPS) is 11.7. The SMILES string of the molecule is CCn1c(SCC(=O)C(C#N)c2nc(-c3ccccc3)cs2)nnc1-c1ccccc1OC. The largest absolute Gasteiger partial charge is 0.496 e. The average molecular weight is 476 g/mol. The summed E-state index contributed by atoms with van der Waals surface area (Å²) in [6.07, 6.45) is 0. The van der Waals surface area contributed by atoms with Crippen LogP contribution in [0.4, 0.5) is 0 Å². The minimum atomic E-state index is -0.911. The number of thioether (sulfide) groups is 1. The number of carbonyl (C=O) groups is 1. The van der Waals surface area contributed by atoms with Crippen LogP contribution in [0.1, 0.15) is 17.8 Å². The van der Waals surface area contributed by atoms with Gasteiger partial charge in [-0.1, -0.05) is 54.2 Å². The van der Waals surface area contributed by atoms with Crippen LogP contribution in [0.2, 0.25) is 0 Å². The Morgan fingerprint density at radius 2 is 1.94 bits per heavy atom. The number of aromatic nitrogens is 4. The molecular weight excluding hydrogens is 454 g/mol. The lowest BCUT2D eigenvalue weighted by atomic mass is 10.1. The minimum Gasteiger partial charge on any atom is -0.496 e. The van der Waals surface area contributed by atoms with Crippen molar-refractivity contribution in [2.24, 2.45) is 0 Å². The summed E-state index contributed by atoms with van der Waals surface area (Å²) in [6.45, 7) is 2.62. The second kappa shape index (κ2) is 10.4. The molecule has 0 saturated heterocycles. The van der Waals surface area contributed by atoms with Crippen LogP contribution in [0.15, 0.2) is 65.1 Å². The van der Waals surface area contributed by atoms with Gasteiger partial charge in [-0.3, -0.25) is 4.79 Å². The van der Waals surface area contributed by atoms with E-state index in [0.29, 0.717) is 28.3 Å². The molecule has 166 valence electrons. The molecule has 0 fully saturated rings. The lowest BCUT2D eigenvalue weighted by molar-refractivity contribution is -0.116. The summed E-state index contributed by atoms with van der Waals surface area (Å²) in [6, 6.07) is 19.4. The number of carbonyl (C=O) groups excluding carboxylic acids is 1. The van der Waals surface area contributed by atoms with E-state index in [-0.39, 0.29) is 11.5 Å². The van der Waals surface area contributed by atoms with Crippen molar-refractivity contribution in [2.75, 3.05) is 12.9 Å². The number of rotatable bonds is 9. The number of methoxy groups -OCH3 is 1. The van der Waals surface area contributed by atoms with Crippen molar-refractivity contribution >= 4 is 28.9 Å². The van der Waals surface area contributed by atoms with E-state index < -0.39 is 5.92 Å². The molecule has 0 aliphatic rings. The van der Waals surface area contributed by atoms with Crippen LogP contribution in [0, 0.1) is 11.3 Å². The van der Waals surface area contributed by atoms with Gasteiger partial charge >= 0.3 is 0 Å². The highest BCUT2D eigenvalue weighted by Gasteiger charge is 2.25. The molecule has 1 atom stereocenters. The quantitative estimate of drug-likeness (QED) is 0.312. The van der Waals surface area contributed by atoms with Crippen LogP contribution >= 0.6 is 23.1 Å². The van der Waals surface area contributed by atoms with E-state index in [1.54, 1.807) is 7.11 Å². The Balaban J connectivity index is 1.50. The molecule has 9 heteroatoms. The number of benzene rings is 2. The first-order valence-corrected chi connectivity index (χ1v) is 12.1. The highest BCUT2D eigenvalue weighted by atomic mass is 32.2. The maximum absolute atomic E-state index is 12.9. The molecule has 0 saturated carbocycles. The van der Waals surface area contributed by atoms with Gasteiger partial charge in [0.05, 0.1) is 30.2 Å². The fourth-order valence-corrected chi connectivity index (χ4v) is 5.16. The van der Waals surface area contributed by atoms with Gasteiger partial charge in [-0.15, -0.1) is 21.5 Å². The van der Waals surface area contributed by atoms with E-state index in [1.165, 1.54) is 23.1 Å².